The fourth-order valence-electron chi connectivity index (χ4n) is 3.51. The first-order valence-electron chi connectivity index (χ1n) is 17.8. The molecule has 0 saturated carbocycles. The maximum atomic E-state index is 11.5. The molecule has 0 spiro atoms. The van der Waals surface area contributed by atoms with Gasteiger partial charge in [0.25, 0.3) is 0 Å². The molecule has 0 unspecified atom stereocenters. The van der Waals surface area contributed by atoms with Gasteiger partial charge in [-0.3, -0.25) is 48.2 Å². The van der Waals surface area contributed by atoms with Crippen LogP contribution < -0.4 is 16.4 Å². The number of urea groups is 2. The second-order valence-electron chi connectivity index (χ2n) is 11.1. The molecule has 0 aromatic rings. The van der Waals surface area contributed by atoms with E-state index in [1.54, 1.807) is 0 Å². The number of nitrogens with one attached hydrogen (secondary N) is 2. The molecule has 5 N–H and O–H groups in total. The van der Waals surface area contributed by atoms with E-state index < -0.39 is 29.9 Å². The van der Waals surface area contributed by atoms with E-state index in [0.717, 1.165) is 59.1 Å². The Labute approximate surface area is 355 Å². The van der Waals surface area contributed by atoms with Crippen LogP contribution in [0.5, 0.6) is 0 Å². The Morgan fingerprint density at radius 1 is 0.759 bits per heavy atom. The number of carboxylic acid groups (broad SMARTS) is 1. The summed E-state index contributed by atoms with van der Waals surface area (Å²) in [5.74, 6) is -1.56. The molecular formula is C35H55N5O14S4. The average Bonchev–Trinajstić information content (AvgIpc) is 3.83. The minimum Gasteiger partial charge on any atom is -0.481 e. The van der Waals surface area contributed by atoms with E-state index in [9.17, 15) is 47.9 Å². The van der Waals surface area contributed by atoms with E-state index >= 15 is 0 Å². The molecule has 0 atom stereocenters. The zero-order valence-electron chi connectivity index (χ0n) is 32.9. The second kappa shape index (κ2) is 37.2. The second-order valence-corrected chi connectivity index (χ2v) is 15.1. The molecule has 58 heavy (non-hydrogen) atoms. The van der Waals surface area contributed by atoms with Gasteiger partial charge < -0.3 is 35.7 Å². The van der Waals surface area contributed by atoms with E-state index in [-0.39, 0.29) is 71.6 Å². The Morgan fingerprint density at radius 2 is 1.19 bits per heavy atom. The number of esters is 4. The van der Waals surface area contributed by atoms with Crippen molar-refractivity contribution in [2.75, 3.05) is 92.0 Å². The zero-order chi connectivity index (χ0) is 44.1. The summed E-state index contributed by atoms with van der Waals surface area (Å²) in [4.78, 5) is 111. The first-order valence-corrected chi connectivity index (χ1v) is 22.5. The summed E-state index contributed by atoms with van der Waals surface area (Å²) in [6.45, 7) is 13.9. The van der Waals surface area contributed by atoms with Gasteiger partial charge in [0.15, 0.2) is 0 Å². The minimum absolute atomic E-state index is 0.0275. The largest absolute Gasteiger partial charge is 0.481 e. The fraction of sp³-hybridized carbons (Fsp3) is 0.600. The van der Waals surface area contributed by atoms with Gasteiger partial charge in [-0.15, -0.1) is 47.0 Å². The maximum Gasteiger partial charge on any atom is 0.324 e. The lowest BCUT2D eigenvalue weighted by Crippen LogP contribution is -2.35. The molecule has 3 fully saturated rings. The highest BCUT2D eigenvalue weighted by molar-refractivity contribution is 8.01. The summed E-state index contributed by atoms with van der Waals surface area (Å²) in [7, 11) is 0. The third-order valence-electron chi connectivity index (χ3n) is 6.18. The summed E-state index contributed by atoms with van der Waals surface area (Å²) in [5.41, 5.74) is 5.03. The maximum absolute atomic E-state index is 11.5. The van der Waals surface area contributed by atoms with E-state index in [1.807, 2.05) is 6.92 Å². The zero-order valence-corrected chi connectivity index (χ0v) is 36.1. The van der Waals surface area contributed by atoms with Crippen LogP contribution in [0.2, 0.25) is 0 Å². The van der Waals surface area contributed by atoms with Gasteiger partial charge in [0.1, 0.15) is 19.0 Å². The van der Waals surface area contributed by atoms with Crippen molar-refractivity contribution < 1.29 is 67.3 Å². The SMILES string of the molecule is C=CCOC(=O)CSCC(=O)CCCC.C=CCOC(=O)CSCC(=O)N1CCNC1=O.CCCN.O=C(O)CSCC(=O)N1CCNC1=O.O=C1CSCC(=O)O1. The van der Waals surface area contributed by atoms with Crippen LogP contribution in [0.4, 0.5) is 9.59 Å². The van der Waals surface area contributed by atoms with Crippen LogP contribution in [0.25, 0.3) is 0 Å². The number of carbonyl (C=O) groups is 10. The normalized spacial score (nSPS) is 13.8. The third kappa shape index (κ3) is 32.0. The molecule has 0 bridgehead atoms. The smallest absolute Gasteiger partial charge is 0.324 e. The number of cyclic esters (lactones) is 2. The van der Waals surface area contributed by atoms with Crippen molar-refractivity contribution in [3.05, 3.63) is 25.3 Å². The minimum atomic E-state index is -0.964. The molecule has 0 aromatic heterocycles. The quantitative estimate of drug-likeness (QED) is 0.0586. The molecule has 3 heterocycles. The van der Waals surface area contributed by atoms with Gasteiger partial charge in [-0.2, -0.15) is 0 Å². The van der Waals surface area contributed by atoms with Crippen molar-refractivity contribution in [1.82, 2.24) is 20.4 Å². The van der Waals surface area contributed by atoms with Crippen LogP contribution in [0.1, 0.15) is 39.5 Å². The van der Waals surface area contributed by atoms with Crippen molar-refractivity contribution in [2.45, 2.75) is 39.5 Å². The molecule has 3 saturated heterocycles. The number of carbonyl (C=O) groups excluding carboxylic acids is 9. The predicted molar refractivity (Wildman–Crippen MR) is 224 cm³/mol. The van der Waals surface area contributed by atoms with E-state index in [4.69, 9.17) is 20.3 Å². The summed E-state index contributed by atoms with van der Waals surface area (Å²) >= 11 is 4.72. The number of carboxylic acids is 1. The lowest BCUT2D eigenvalue weighted by molar-refractivity contribution is -0.156. The number of thioether (sulfide) groups is 4. The number of rotatable bonds is 20. The van der Waals surface area contributed by atoms with E-state index in [1.165, 1.54) is 35.7 Å². The molecule has 3 aliphatic rings. The third-order valence-corrected chi connectivity index (χ3v) is 9.82. The van der Waals surface area contributed by atoms with Crippen molar-refractivity contribution in [3.63, 3.8) is 0 Å². The molecule has 3 aliphatic heterocycles. The Balaban J connectivity index is 0. The number of nitrogens with two attached hydrogens (primary N) is 1. The number of hydrogen-bond donors (Lipinski definition) is 4. The van der Waals surface area contributed by atoms with Gasteiger partial charge in [0.05, 0.1) is 46.0 Å². The van der Waals surface area contributed by atoms with Gasteiger partial charge >= 0.3 is 41.9 Å². The van der Waals surface area contributed by atoms with Crippen molar-refractivity contribution in [1.29, 1.82) is 0 Å². The molecule has 19 nitrogen and oxygen atoms in total. The number of ketones is 1. The van der Waals surface area contributed by atoms with Crippen molar-refractivity contribution in [3.8, 4) is 0 Å². The monoisotopic (exact) mass is 897 g/mol. The molecule has 0 aliphatic carbocycles. The van der Waals surface area contributed by atoms with Crippen LogP contribution in [0.3, 0.4) is 0 Å². The number of ether oxygens (including phenoxy) is 3. The standard InChI is InChI=1S/C11H18O3S.C10H14N2O4S.C7H10N2O4S.C4H4O3S.C3H9N/c1-3-5-6-10(12)8-15-9-11(13)14-7-4-2;1-2-5-16-9(14)7-17-6-8(13)12-4-3-11-10(12)15;10-5(3-14-4-6(11)12)9-2-1-8-7(9)13;5-3-1-8-2-4(6)7-3;1-2-3-4/h4H,2-3,5-9H2,1H3;2H,1,3-7H2,(H,11,15);1-4H2,(H,8,13)(H,11,12);1-2H2;2-4H2,1H3. The number of Topliss-reactive ketones (excluding diaryl/α,β-unsaturated/α-hetero) is 1. The molecule has 3 rings (SSSR count). The number of amides is 6. The Hall–Kier alpha value is -4.06. The van der Waals surface area contributed by atoms with Gasteiger partial charge in [-0.25, -0.2) is 9.59 Å². The summed E-state index contributed by atoms with van der Waals surface area (Å²) in [6.07, 6.45) is 6.67. The molecule has 328 valence electrons. The molecule has 0 aromatic carbocycles. The first kappa shape index (κ1) is 56.0. The highest BCUT2D eigenvalue weighted by atomic mass is 32.2. The van der Waals surface area contributed by atoms with Crippen LogP contribution >= 0.6 is 47.0 Å². The Bertz CT molecular complexity index is 1360. The summed E-state index contributed by atoms with van der Waals surface area (Å²) in [5, 5.41) is 13.3. The van der Waals surface area contributed by atoms with E-state index in [0.29, 0.717) is 49.9 Å². The number of unbranched alkanes of at least 4 members (excludes halogenated alkanes) is 1. The number of imide groups is 2. The van der Waals surface area contributed by atoms with Crippen molar-refractivity contribution in [2.24, 2.45) is 5.73 Å². The van der Waals surface area contributed by atoms with Gasteiger partial charge in [0.2, 0.25) is 11.8 Å². The van der Waals surface area contributed by atoms with Crippen LogP contribution in [-0.4, -0.2) is 166 Å². The number of hydrogen-bond acceptors (Lipinski definition) is 18. The van der Waals surface area contributed by atoms with E-state index in [2.05, 4.69) is 35.5 Å². The number of aliphatic carboxylic acids is 1. The van der Waals surface area contributed by atoms with Crippen molar-refractivity contribution >= 4 is 107 Å². The van der Waals surface area contributed by atoms with Gasteiger partial charge in [0, 0.05) is 32.6 Å². The Kier molecular flexibility index (Phi) is 36.0. The predicted octanol–water partition coefficient (Wildman–Crippen LogP) is 1.72. The van der Waals surface area contributed by atoms with Crippen LogP contribution in [0, 0.1) is 0 Å². The first-order chi connectivity index (χ1) is 27.7. The summed E-state index contributed by atoms with van der Waals surface area (Å²) in [6, 6.07) is -0.768. The highest BCUT2D eigenvalue weighted by Gasteiger charge is 2.26. The molecule has 23 heteroatoms. The Morgan fingerprint density at radius 3 is 1.52 bits per heavy atom. The molecule has 6 amide bonds. The fourth-order valence-corrected chi connectivity index (χ4v) is 6.07. The molecular weight excluding hydrogens is 843 g/mol. The van der Waals surface area contributed by atoms with Crippen LogP contribution in [-0.2, 0) is 52.6 Å². The number of nitrogens with zero attached hydrogens (tertiary/aromatic N) is 2. The lowest BCUT2D eigenvalue weighted by Gasteiger charge is -2.11. The topological polar surface area (TPSA) is 275 Å². The van der Waals surface area contributed by atoms with Gasteiger partial charge in [-0.05, 0) is 19.4 Å². The highest BCUT2D eigenvalue weighted by Crippen LogP contribution is 2.09. The van der Waals surface area contributed by atoms with Gasteiger partial charge in [-0.1, -0.05) is 45.6 Å². The lowest BCUT2D eigenvalue weighted by atomic mass is 10.2. The summed E-state index contributed by atoms with van der Waals surface area (Å²) < 4.78 is 13.7. The average molecular weight is 898 g/mol. The molecule has 0 radical (unpaired) electrons. The van der Waals surface area contributed by atoms with Crippen LogP contribution in [0.15, 0.2) is 25.3 Å².